The molecule has 0 atom stereocenters. The zero-order chi connectivity index (χ0) is 29.5. The summed E-state index contributed by atoms with van der Waals surface area (Å²) < 4.78 is 15.1. The standard InChI is InChI=1S/C42H25NO2/c1-5-17-35-31(11-1)32-12-2-6-18-36(32)43(35)28-24-26(29-15-9-21-39-41(29)33-13-3-7-19-37(33)44-39)23-27(25-28)30-16-10-22-40-42(30)34-14-4-8-20-38(34)45-40/h1-25H. The summed E-state index contributed by atoms with van der Waals surface area (Å²) >= 11 is 0. The van der Waals surface area contributed by atoms with Gasteiger partial charge in [-0.15, -0.1) is 0 Å². The first-order valence-corrected chi connectivity index (χ1v) is 15.3. The molecule has 0 aliphatic rings. The molecule has 45 heavy (non-hydrogen) atoms. The van der Waals surface area contributed by atoms with Crippen LogP contribution in [0, 0.1) is 0 Å². The van der Waals surface area contributed by atoms with Crippen LogP contribution in [0.15, 0.2) is 160 Å². The molecule has 0 fully saturated rings. The van der Waals surface area contributed by atoms with Gasteiger partial charge in [0.05, 0.1) is 11.0 Å². The summed E-state index contributed by atoms with van der Waals surface area (Å²) in [6, 6.07) is 53.7. The third-order valence-electron chi connectivity index (χ3n) is 9.18. The van der Waals surface area contributed by atoms with Crippen LogP contribution < -0.4 is 0 Å². The molecule has 3 heterocycles. The molecule has 0 saturated carbocycles. The molecule has 3 aromatic heterocycles. The van der Waals surface area contributed by atoms with Gasteiger partial charge in [-0.2, -0.15) is 0 Å². The fourth-order valence-corrected chi connectivity index (χ4v) is 7.28. The van der Waals surface area contributed by atoms with Crippen LogP contribution in [0.25, 0.3) is 93.6 Å². The lowest BCUT2D eigenvalue weighted by Gasteiger charge is -2.15. The SMILES string of the molecule is c1ccc2c(c1)oc1cccc(-c3cc(-c4cccc5oc6ccccc6c45)cc(-n4c5ccccc5c5ccccc54)c3)c12. The Labute approximate surface area is 258 Å². The van der Waals surface area contributed by atoms with Crippen molar-refractivity contribution < 1.29 is 8.83 Å². The molecule has 0 radical (unpaired) electrons. The predicted molar refractivity (Wildman–Crippen MR) is 186 cm³/mol. The lowest BCUT2D eigenvalue weighted by molar-refractivity contribution is 0.668. The summed E-state index contributed by atoms with van der Waals surface area (Å²) in [6.07, 6.45) is 0. The fraction of sp³-hybridized carbons (Fsp3) is 0. The van der Waals surface area contributed by atoms with Gasteiger partial charge < -0.3 is 13.4 Å². The smallest absolute Gasteiger partial charge is 0.136 e. The Bertz CT molecular complexity index is 2590. The van der Waals surface area contributed by atoms with Gasteiger partial charge in [-0.1, -0.05) is 97.1 Å². The first-order valence-electron chi connectivity index (χ1n) is 15.3. The van der Waals surface area contributed by atoms with E-state index >= 15 is 0 Å². The molecule has 10 rings (SSSR count). The maximum Gasteiger partial charge on any atom is 0.136 e. The van der Waals surface area contributed by atoms with Gasteiger partial charge in [-0.3, -0.25) is 0 Å². The van der Waals surface area contributed by atoms with Crippen molar-refractivity contribution in [3.8, 4) is 27.9 Å². The van der Waals surface area contributed by atoms with Crippen molar-refractivity contribution in [2.24, 2.45) is 0 Å². The van der Waals surface area contributed by atoms with Gasteiger partial charge in [0, 0.05) is 38.0 Å². The van der Waals surface area contributed by atoms with Crippen molar-refractivity contribution in [3.63, 3.8) is 0 Å². The Kier molecular flexibility index (Phi) is 5.00. The Hall–Kier alpha value is -6.06. The van der Waals surface area contributed by atoms with Crippen molar-refractivity contribution >= 4 is 65.7 Å². The van der Waals surface area contributed by atoms with Crippen LogP contribution in [-0.2, 0) is 0 Å². The largest absolute Gasteiger partial charge is 0.456 e. The summed E-state index contributed by atoms with van der Waals surface area (Å²) in [4.78, 5) is 0. The maximum atomic E-state index is 6.33. The number of fused-ring (bicyclic) bond motifs is 9. The van der Waals surface area contributed by atoms with E-state index in [2.05, 4.69) is 132 Å². The van der Waals surface area contributed by atoms with E-state index in [9.17, 15) is 0 Å². The molecule has 0 unspecified atom stereocenters. The monoisotopic (exact) mass is 575 g/mol. The van der Waals surface area contributed by atoms with Crippen molar-refractivity contribution in [1.29, 1.82) is 0 Å². The van der Waals surface area contributed by atoms with Gasteiger partial charge in [0.15, 0.2) is 0 Å². The molecule has 10 aromatic rings. The average Bonchev–Trinajstić information content (AvgIpc) is 3.77. The molecule has 0 aliphatic carbocycles. The summed E-state index contributed by atoms with van der Waals surface area (Å²) in [6.45, 7) is 0. The first-order chi connectivity index (χ1) is 22.3. The lowest BCUT2D eigenvalue weighted by atomic mass is 9.93. The van der Waals surface area contributed by atoms with Gasteiger partial charge in [-0.25, -0.2) is 0 Å². The van der Waals surface area contributed by atoms with Crippen LogP contribution >= 0.6 is 0 Å². The molecule has 0 saturated heterocycles. The number of furan rings is 2. The molecule has 0 N–H and O–H groups in total. The van der Waals surface area contributed by atoms with Gasteiger partial charge in [0.25, 0.3) is 0 Å². The molecule has 0 aliphatic heterocycles. The maximum absolute atomic E-state index is 6.33. The summed E-state index contributed by atoms with van der Waals surface area (Å²) in [5.74, 6) is 0. The van der Waals surface area contributed by atoms with Crippen LogP contribution in [0.4, 0.5) is 0 Å². The molecular formula is C42H25NO2. The highest BCUT2D eigenvalue weighted by molar-refractivity contribution is 6.15. The van der Waals surface area contributed by atoms with Crippen LogP contribution in [0.5, 0.6) is 0 Å². The minimum Gasteiger partial charge on any atom is -0.456 e. The predicted octanol–water partition coefficient (Wildman–Crippen LogP) is 11.9. The number of benzene rings is 7. The van der Waals surface area contributed by atoms with Crippen molar-refractivity contribution in [2.75, 3.05) is 0 Å². The molecule has 0 amide bonds. The fourth-order valence-electron chi connectivity index (χ4n) is 7.28. The second-order valence-corrected chi connectivity index (χ2v) is 11.7. The van der Waals surface area contributed by atoms with E-state index in [0.717, 1.165) is 71.8 Å². The molecule has 210 valence electrons. The molecule has 0 bridgehead atoms. The van der Waals surface area contributed by atoms with Crippen LogP contribution in [-0.4, -0.2) is 4.57 Å². The average molecular weight is 576 g/mol. The van der Waals surface area contributed by atoms with Crippen LogP contribution in [0.3, 0.4) is 0 Å². The zero-order valence-electron chi connectivity index (χ0n) is 24.2. The molecule has 0 spiro atoms. The van der Waals surface area contributed by atoms with Gasteiger partial charge in [0.2, 0.25) is 0 Å². The summed E-state index contributed by atoms with van der Waals surface area (Å²) in [5.41, 5.74) is 11.6. The van der Waals surface area contributed by atoms with E-state index in [-0.39, 0.29) is 0 Å². The van der Waals surface area contributed by atoms with E-state index in [1.165, 1.54) is 21.8 Å². The molecule has 3 heteroatoms. The molecule has 7 aromatic carbocycles. The van der Waals surface area contributed by atoms with Gasteiger partial charge >= 0.3 is 0 Å². The van der Waals surface area contributed by atoms with E-state index in [4.69, 9.17) is 8.83 Å². The molecule has 3 nitrogen and oxygen atoms in total. The van der Waals surface area contributed by atoms with Crippen molar-refractivity contribution in [2.45, 2.75) is 0 Å². The number of nitrogens with zero attached hydrogens (tertiary/aromatic N) is 1. The van der Waals surface area contributed by atoms with E-state index in [0.29, 0.717) is 0 Å². The number of hydrogen-bond donors (Lipinski definition) is 0. The second kappa shape index (κ2) is 9.22. The third kappa shape index (κ3) is 3.52. The minimum atomic E-state index is 0.889. The number of aromatic nitrogens is 1. The van der Waals surface area contributed by atoms with E-state index in [1.807, 2.05) is 24.3 Å². The zero-order valence-corrected chi connectivity index (χ0v) is 24.2. The third-order valence-corrected chi connectivity index (χ3v) is 9.18. The Morgan fingerprint density at radius 2 is 0.778 bits per heavy atom. The second-order valence-electron chi connectivity index (χ2n) is 11.7. The van der Waals surface area contributed by atoms with E-state index in [1.54, 1.807) is 0 Å². The number of hydrogen-bond acceptors (Lipinski definition) is 2. The lowest BCUT2D eigenvalue weighted by Crippen LogP contribution is -1.96. The molecular weight excluding hydrogens is 550 g/mol. The number of para-hydroxylation sites is 4. The minimum absolute atomic E-state index is 0.889. The van der Waals surface area contributed by atoms with E-state index < -0.39 is 0 Å². The summed E-state index contributed by atoms with van der Waals surface area (Å²) in [7, 11) is 0. The van der Waals surface area contributed by atoms with Crippen LogP contribution in [0.2, 0.25) is 0 Å². The Morgan fingerprint density at radius 3 is 1.29 bits per heavy atom. The quantitative estimate of drug-likeness (QED) is 0.210. The Morgan fingerprint density at radius 1 is 0.356 bits per heavy atom. The van der Waals surface area contributed by atoms with Crippen molar-refractivity contribution in [1.82, 2.24) is 4.57 Å². The van der Waals surface area contributed by atoms with Crippen molar-refractivity contribution in [3.05, 3.63) is 152 Å². The van der Waals surface area contributed by atoms with Crippen LogP contribution in [0.1, 0.15) is 0 Å². The highest BCUT2D eigenvalue weighted by Gasteiger charge is 2.19. The number of rotatable bonds is 3. The highest BCUT2D eigenvalue weighted by Crippen LogP contribution is 2.43. The summed E-state index contributed by atoms with van der Waals surface area (Å²) in [5, 5.41) is 6.98. The van der Waals surface area contributed by atoms with Gasteiger partial charge in [0.1, 0.15) is 22.3 Å². The highest BCUT2D eigenvalue weighted by atomic mass is 16.3. The Balaban J connectivity index is 1.34. The first kappa shape index (κ1) is 24.4. The van der Waals surface area contributed by atoms with Gasteiger partial charge in [-0.05, 0) is 76.9 Å². The topological polar surface area (TPSA) is 31.2 Å². The normalized spacial score (nSPS) is 12.0.